The zero-order valence-corrected chi connectivity index (χ0v) is 12.0. The largest absolute Gasteiger partial charge is 0.494 e. The standard InChI is InChI=1S/C13H21NOS.ClH/c1-11-5-4-7-13(9-11)15-8-3-2-6-12(14)10-16;/h4-5,7,9,12,16H,2-3,6,8,10,14H2,1H3;1H/t12-;/m1./s1. The van der Waals surface area contributed by atoms with Gasteiger partial charge in [0.25, 0.3) is 0 Å². The molecule has 98 valence electrons. The number of ether oxygens (including phenoxy) is 1. The van der Waals surface area contributed by atoms with Gasteiger partial charge < -0.3 is 10.5 Å². The number of nitrogens with two attached hydrogens (primary N) is 1. The third-order valence-electron chi connectivity index (χ3n) is 2.46. The number of benzene rings is 1. The third kappa shape index (κ3) is 7.53. The first-order valence-electron chi connectivity index (χ1n) is 5.78. The van der Waals surface area contributed by atoms with Gasteiger partial charge in [0.05, 0.1) is 6.61 Å². The lowest BCUT2D eigenvalue weighted by molar-refractivity contribution is 0.303. The lowest BCUT2D eigenvalue weighted by Crippen LogP contribution is -2.21. The molecule has 1 aromatic carbocycles. The van der Waals surface area contributed by atoms with Crippen LogP contribution in [0.25, 0.3) is 0 Å². The van der Waals surface area contributed by atoms with E-state index in [2.05, 4.69) is 31.7 Å². The fraction of sp³-hybridized carbons (Fsp3) is 0.538. The number of hydrogen-bond acceptors (Lipinski definition) is 3. The molecule has 0 bridgehead atoms. The minimum atomic E-state index is 0. The molecule has 0 fully saturated rings. The molecule has 17 heavy (non-hydrogen) atoms. The van der Waals surface area contributed by atoms with E-state index in [1.807, 2.05) is 12.1 Å². The second-order valence-electron chi connectivity index (χ2n) is 4.10. The zero-order valence-electron chi connectivity index (χ0n) is 10.3. The van der Waals surface area contributed by atoms with Gasteiger partial charge in [0, 0.05) is 11.8 Å². The molecule has 0 aromatic heterocycles. The number of hydrogen-bond donors (Lipinski definition) is 2. The molecule has 0 aliphatic rings. The molecule has 2 nitrogen and oxygen atoms in total. The van der Waals surface area contributed by atoms with Gasteiger partial charge in [-0.2, -0.15) is 12.6 Å². The quantitative estimate of drug-likeness (QED) is 0.592. The van der Waals surface area contributed by atoms with Gasteiger partial charge >= 0.3 is 0 Å². The lowest BCUT2D eigenvalue weighted by atomic mass is 10.1. The molecule has 1 aromatic rings. The summed E-state index contributed by atoms with van der Waals surface area (Å²) in [6.45, 7) is 2.83. The highest BCUT2D eigenvalue weighted by Crippen LogP contribution is 2.13. The Labute approximate surface area is 116 Å². The monoisotopic (exact) mass is 275 g/mol. The second-order valence-corrected chi connectivity index (χ2v) is 4.47. The second kappa shape index (κ2) is 9.63. The van der Waals surface area contributed by atoms with Crippen molar-refractivity contribution in [2.24, 2.45) is 5.73 Å². The van der Waals surface area contributed by atoms with E-state index in [0.29, 0.717) is 0 Å². The van der Waals surface area contributed by atoms with Gasteiger partial charge in [0.15, 0.2) is 0 Å². The molecule has 0 heterocycles. The maximum Gasteiger partial charge on any atom is 0.119 e. The first-order chi connectivity index (χ1) is 7.72. The Hall–Kier alpha value is -0.380. The van der Waals surface area contributed by atoms with Gasteiger partial charge in [0.2, 0.25) is 0 Å². The molecule has 0 saturated carbocycles. The van der Waals surface area contributed by atoms with Crippen molar-refractivity contribution in [1.29, 1.82) is 0 Å². The Balaban J connectivity index is 0.00000256. The molecule has 0 aliphatic heterocycles. The Morgan fingerprint density at radius 1 is 1.35 bits per heavy atom. The van der Waals surface area contributed by atoms with E-state index in [-0.39, 0.29) is 18.4 Å². The summed E-state index contributed by atoms with van der Waals surface area (Å²) >= 11 is 4.15. The number of thiol groups is 1. The fourth-order valence-corrected chi connectivity index (χ4v) is 1.68. The SMILES string of the molecule is Cc1cccc(OCCCC[C@@H](N)CS)c1.Cl. The van der Waals surface area contributed by atoms with Gasteiger partial charge in [-0.3, -0.25) is 0 Å². The zero-order chi connectivity index (χ0) is 11.8. The molecule has 1 rings (SSSR count). The topological polar surface area (TPSA) is 35.2 Å². The van der Waals surface area contributed by atoms with Crippen LogP contribution < -0.4 is 10.5 Å². The predicted octanol–water partition coefficient (Wildman–Crippen LogP) is 3.22. The van der Waals surface area contributed by atoms with Crippen molar-refractivity contribution >= 4 is 25.0 Å². The molecule has 0 aliphatic carbocycles. The van der Waals surface area contributed by atoms with Crippen molar-refractivity contribution < 1.29 is 4.74 Å². The average molecular weight is 276 g/mol. The molecule has 0 unspecified atom stereocenters. The van der Waals surface area contributed by atoms with Crippen LogP contribution in [0.2, 0.25) is 0 Å². The van der Waals surface area contributed by atoms with Crippen LogP contribution in [0.4, 0.5) is 0 Å². The lowest BCUT2D eigenvalue weighted by Gasteiger charge is -2.09. The summed E-state index contributed by atoms with van der Waals surface area (Å²) in [4.78, 5) is 0. The predicted molar refractivity (Wildman–Crippen MR) is 79.6 cm³/mol. The first kappa shape index (κ1) is 16.6. The molecule has 0 amide bonds. The van der Waals surface area contributed by atoms with Gasteiger partial charge in [-0.1, -0.05) is 12.1 Å². The van der Waals surface area contributed by atoms with Crippen molar-refractivity contribution in [3.63, 3.8) is 0 Å². The van der Waals surface area contributed by atoms with Crippen LogP contribution >= 0.6 is 25.0 Å². The van der Waals surface area contributed by atoms with Crippen molar-refractivity contribution in [3.05, 3.63) is 29.8 Å². The Morgan fingerprint density at radius 3 is 2.76 bits per heavy atom. The van der Waals surface area contributed by atoms with Gasteiger partial charge in [-0.25, -0.2) is 0 Å². The van der Waals surface area contributed by atoms with Crippen molar-refractivity contribution in [3.8, 4) is 5.75 Å². The number of aryl methyl sites for hydroxylation is 1. The fourth-order valence-electron chi connectivity index (χ4n) is 1.50. The maximum absolute atomic E-state index is 5.77. The van der Waals surface area contributed by atoms with Crippen LogP contribution in [0.3, 0.4) is 0 Å². The summed E-state index contributed by atoms with van der Waals surface area (Å²) in [5.74, 6) is 1.72. The van der Waals surface area contributed by atoms with Crippen LogP contribution in [0, 0.1) is 6.92 Å². The van der Waals surface area contributed by atoms with Crippen LogP contribution in [0.1, 0.15) is 24.8 Å². The minimum Gasteiger partial charge on any atom is -0.494 e. The summed E-state index contributed by atoms with van der Waals surface area (Å²) in [6.07, 6.45) is 3.18. The molecule has 0 saturated heterocycles. The van der Waals surface area contributed by atoms with E-state index < -0.39 is 0 Å². The van der Waals surface area contributed by atoms with Gasteiger partial charge in [-0.15, -0.1) is 12.4 Å². The third-order valence-corrected chi connectivity index (χ3v) is 2.93. The Bertz CT molecular complexity index is 309. The van der Waals surface area contributed by atoms with E-state index >= 15 is 0 Å². The molecule has 4 heteroatoms. The highest BCUT2D eigenvalue weighted by Gasteiger charge is 1.99. The van der Waals surface area contributed by atoms with E-state index in [9.17, 15) is 0 Å². The highest BCUT2D eigenvalue weighted by atomic mass is 35.5. The van der Waals surface area contributed by atoms with E-state index in [4.69, 9.17) is 10.5 Å². The van der Waals surface area contributed by atoms with Crippen LogP contribution in [-0.2, 0) is 0 Å². The maximum atomic E-state index is 5.77. The van der Waals surface area contributed by atoms with Crippen LogP contribution in [0.15, 0.2) is 24.3 Å². The highest BCUT2D eigenvalue weighted by molar-refractivity contribution is 7.80. The molecule has 0 spiro atoms. The normalized spacial score (nSPS) is 11.7. The van der Waals surface area contributed by atoms with Gasteiger partial charge in [-0.05, 0) is 43.9 Å². The van der Waals surface area contributed by atoms with Gasteiger partial charge in [0.1, 0.15) is 5.75 Å². The summed E-state index contributed by atoms with van der Waals surface area (Å²) in [7, 11) is 0. The molecule has 1 atom stereocenters. The summed E-state index contributed by atoms with van der Waals surface area (Å²) in [5.41, 5.74) is 7.00. The smallest absolute Gasteiger partial charge is 0.119 e. The van der Waals surface area contributed by atoms with E-state index in [0.717, 1.165) is 37.4 Å². The number of rotatable bonds is 7. The molecule has 0 radical (unpaired) electrons. The van der Waals surface area contributed by atoms with Crippen molar-refractivity contribution in [2.45, 2.75) is 32.2 Å². The Morgan fingerprint density at radius 2 is 2.12 bits per heavy atom. The van der Waals surface area contributed by atoms with E-state index in [1.54, 1.807) is 0 Å². The van der Waals surface area contributed by atoms with Crippen LogP contribution in [-0.4, -0.2) is 18.4 Å². The minimum absolute atomic E-state index is 0. The number of halogens is 1. The summed E-state index contributed by atoms with van der Waals surface area (Å²) in [5, 5.41) is 0. The number of unbranched alkanes of at least 4 members (excludes halogenated alkanes) is 1. The molecular weight excluding hydrogens is 254 g/mol. The van der Waals surface area contributed by atoms with Crippen molar-refractivity contribution in [1.82, 2.24) is 0 Å². The average Bonchev–Trinajstić information content (AvgIpc) is 2.28. The molecular formula is C13H22ClNOS. The summed E-state index contributed by atoms with van der Waals surface area (Å²) < 4.78 is 5.64. The van der Waals surface area contributed by atoms with Crippen LogP contribution in [0.5, 0.6) is 5.75 Å². The first-order valence-corrected chi connectivity index (χ1v) is 6.41. The van der Waals surface area contributed by atoms with E-state index in [1.165, 1.54) is 5.56 Å². The summed E-state index contributed by atoms with van der Waals surface area (Å²) in [6, 6.07) is 8.36. The molecule has 2 N–H and O–H groups in total. The van der Waals surface area contributed by atoms with Crippen molar-refractivity contribution in [2.75, 3.05) is 12.4 Å². The Kier molecular flexibility index (Phi) is 9.41.